The summed E-state index contributed by atoms with van der Waals surface area (Å²) in [5.41, 5.74) is 4.97. The first-order valence-corrected chi connectivity index (χ1v) is 14.1. The van der Waals surface area contributed by atoms with Gasteiger partial charge in [0.15, 0.2) is 0 Å². The van der Waals surface area contributed by atoms with Gasteiger partial charge in [-0.25, -0.2) is 8.42 Å². The number of piperidine rings is 1. The highest BCUT2D eigenvalue weighted by Crippen LogP contribution is 2.25. The van der Waals surface area contributed by atoms with Gasteiger partial charge in [0, 0.05) is 31.7 Å². The molecule has 1 fully saturated rings. The molecule has 0 bridgehead atoms. The first-order chi connectivity index (χ1) is 16.0. The molecule has 1 N–H and O–H groups in total. The van der Waals surface area contributed by atoms with Crippen LogP contribution in [-0.4, -0.2) is 40.2 Å². The van der Waals surface area contributed by atoms with Crippen LogP contribution in [-0.2, 0) is 14.8 Å². The normalized spacial score (nSPS) is 15.7. The van der Waals surface area contributed by atoms with Gasteiger partial charge in [-0.15, -0.1) is 0 Å². The maximum atomic E-state index is 12.6. The van der Waals surface area contributed by atoms with Crippen molar-refractivity contribution in [1.82, 2.24) is 5.32 Å². The Bertz CT molecular complexity index is 1050. The van der Waals surface area contributed by atoms with E-state index in [4.69, 9.17) is 0 Å². The number of rotatable bonds is 9. The van der Waals surface area contributed by atoms with Crippen LogP contribution < -0.4 is 14.5 Å². The van der Waals surface area contributed by atoms with Crippen molar-refractivity contribution in [3.63, 3.8) is 0 Å². The average Bonchev–Trinajstić information content (AvgIpc) is 2.76. The summed E-state index contributed by atoms with van der Waals surface area (Å²) in [4.78, 5) is 15.0. The minimum Gasteiger partial charge on any atom is -0.372 e. The van der Waals surface area contributed by atoms with Crippen LogP contribution in [0.25, 0.3) is 0 Å². The number of benzene rings is 2. The van der Waals surface area contributed by atoms with Crippen LogP contribution in [0.2, 0.25) is 0 Å². The summed E-state index contributed by atoms with van der Waals surface area (Å²) in [5, 5.41) is 3.05. The highest BCUT2D eigenvalue weighted by molar-refractivity contribution is 7.92. The third kappa shape index (κ3) is 7.23. The van der Waals surface area contributed by atoms with Crippen LogP contribution >= 0.6 is 0 Å². The quantitative estimate of drug-likeness (QED) is 0.545. The molecule has 0 spiro atoms. The monoisotopic (exact) mass is 485 g/mol. The number of hydrogen-bond acceptors (Lipinski definition) is 4. The molecule has 1 atom stereocenters. The molecule has 6 nitrogen and oxygen atoms in total. The standard InChI is InChI=1S/C27H39N3O3S/c1-20-12-15-29(16-13-20)25-10-8-24(9-11-25)23(4)28-27(31)7-6-14-30(34(5,32)33)26-18-21(2)17-22(3)19-26/h8-11,17-20,23H,6-7,12-16H2,1-5H3,(H,28,31)/t23-/m0/s1. The molecule has 1 amide bonds. The molecular weight excluding hydrogens is 446 g/mol. The highest BCUT2D eigenvalue weighted by atomic mass is 32.2. The van der Waals surface area contributed by atoms with Gasteiger partial charge in [-0.3, -0.25) is 9.10 Å². The van der Waals surface area contributed by atoms with E-state index < -0.39 is 10.0 Å². The third-order valence-corrected chi connectivity index (χ3v) is 7.77. The Kier molecular flexibility index (Phi) is 8.63. The summed E-state index contributed by atoms with van der Waals surface area (Å²) in [6.07, 6.45) is 4.39. The number of nitrogens with zero attached hydrogens (tertiary/aromatic N) is 2. The van der Waals surface area contributed by atoms with E-state index in [1.54, 1.807) is 0 Å². The number of sulfonamides is 1. The van der Waals surface area contributed by atoms with Crippen molar-refractivity contribution in [2.75, 3.05) is 35.1 Å². The van der Waals surface area contributed by atoms with Crippen molar-refractivity contribution in [2.45, 2.75) is 59.4 Å². The van der Waals surface area contributed by atoms with Gasteiger partial charge in [-0.2, -0.15) is 0 Å². The van der Waals surface area contributed by atoms with E-state index in [0.29, 0.717) is 12.1 Å². The van der Waals surface area contributed by atoms with Crippen LogP contribution in [0.15, 0.2) is 42.5 Å². The van der Waals surface area contributed by atoms with Crippen LogP contribution in [0.5, 0.6) is 0 Å². The van der Waals surface area contributed by atoms with E-state index in [1.165, 1.54) is 29.1 Å². The van der Waals surface area contributed by atoms with Crippen LogP contribution in [0.1, 0.15) is 62.3 Å². The predicted octanol–water partition coefficient (Wildman–Crippen LogP) is 4.96. The number of carbonyl (C=O) groups excluding carboxylic acids is 1. The lowest BCUT2D eigenvalue weighted by atomic mass is 9.98. The largest absolute Gasteiger partial charge is 0.372 e. The lowest BCUT2D eigenvalue weighted by Gasteiger charge is -2.32. The van der Waals surface area contributed by atoms with E-state index in [-0.39, 0.29) is 24.9 Å². The van der Waals surface area contributed by atoms with E-state index in [9.17, 15) is 13.2 Å². The molecule has 2 aromatic carbocycles. The van der Waals surface area contributed by atoms with Crippen molar-refractivity contribution in [3.8, 4) is 0 Å². The first kappa shape index (κ1) is 26.1. The van der Waals surface area contributed by atoms with Crippen molar-refractivity contribution in [2.24, 2.45) is 5.92 Å². The van der Waals surface area contributed by atoms with E-state index in [2.05, 4.69) is 41.4 Å². The second kappa shape index (κ2) is 11.3. The Morgan fingerprint density at radius 3 is 2.24 bits per heavy atom. The Labute approximate surface area is 205 Å². The van der Waals surface area contributed by atoms with Gasteiger partial charge >= 0.3 is 0 Å². The number of anilines is 2. The summed E-state index contributed by atoms with van der Waals surface area (Å²) in [5.74, 6) is 0.728. The van der Waals surface area contributed by atoms with Crippen molar-refractivity contribution in [3.05, 3.63) is 59.2 Å². The topological polar surface area (TPSA) is 69.7 Å². The maximum absolute atomic E-state index is 12.6. The maximum Gasteiger partial charge on any atom is 0.232 e. The summed E-state index contributed by atoms with van der Waals surface area (Å²) < 4.78 is 26.1. The number of nitrogens with one attached hydrogen (secondary N) is 1. The zero-order valence-corrected chi connectivity index (χ0v) is 22.0. The molecule has 1 aliphatic rings. The SMILES string of the molecule is Cc1cc(C)cc(N(CCCC(=O)N[C@@H](C)c2ccc(N3CCC(C)CC3)cc2)S(C)(=O)=O)c1. The number of hydrogen-bond donors (Lipinski definition) is 1. The Balaban J connectivity index is 1.52. The number of carbonyl (C=O) groups is 1. The predicted molar refractivity (Wildman–Crippen MR) is 141 cm³/mol. The molecule has 0 saturated carbocycles. The fraction of sp³-hybridized carbons (Fsp3) is 0.519. The summed E-state index contributed by atoms with van der Waals surface area (Å²) >= 11 is 0. The molecule has 1 heterocycles. The zero-order chi connectivity index (χ0) is 24.9. The highest BCUT2D eigenvalue weighted by Gasteiger charge is 2.19. The van der Waals surface area contributed by atoms with Gasteiger partial charge in [0.1, 0.15) is 0 Å². The second-order valence-corrected chi connectivity index (χ2v) is 11.7. The Morgan fingerprint density at radius 2 is 1.68 bits per heavy atom. The lowest BCUT2D eigenvalue weighted by molar-refractivity contribution is -0.121. The summed E-state index contributed by atoms with van der Waals surface area (Å²) in [6.45, 7) is 10.7. The molecule has 3 rings (SSSR count). The zero-order valence-electron chi connectivity index (χ0n) is 21.2. The van der Waals surface area contributed by atoms with Crippen molar-refractivity contribution < 1.29 is 13.2 Å². The first-order valence-electron chi connectivity index (χ1n) is 12.2. The molecule has 34 heavy (non-hydrogen) atoms. The smallest absolute Gasteiger partial charge is 0.232 e. The Hall–Kier alpha value is -2.54. The average molecular weight is 486 g/mol. The van der Waals surface area contributed by atoms with Gasteiger partial charge in [-0.1, -0.05) is 25.1 Å². The summed E-state index contributed by atoms with van der Waals surface area (Å²) in [6, 6.07) is 14.1. The molecule has 0 aliphatic carbocycles. The van der Waals surface area contributed by atoms with Crippen molar-refractivity contribution in [1.29, 1.82) is 0 Å². The van der Waals surface area contributed by atoms with E-state index >= 15 is 0 Å². The van der Waals surface area contributed by atoms with Gasteiger partial charge in [0.25, 0.3) is 0 Å². The van der Waals surface area contributed by atoms with E-state index in [1.807, 2.05) is 39.0 Å². The van der Waals surface area contributed by atoms with Gasteiger partial charge in [0.2, 0.25) is 15.9 Å². The molecule has 0 unspecified atom stereocenters. The lowest BCUT2D eigenvalue weighted by Crippen LogP contribution is -2.33. The van der Waals surface area contributed by atoms with Gasteiger partial charge in [-0.05, 0) is 86.9 Å². The molecule has 2 aromatic rings. The fourth-order valence-corrected chi connectivity index (χ4v) is 5.55. The molecule has 1 aliphatic heterocycles. The summed E-state index contributed by atoms with van der Waals surface area (Å²) in [7, 11) is -3.43. The van der Waals surface area contributed by atoms with Crippen LogP contribution in [0, 0.1) is 19.8 Å². The molecule has 0 radical (unpaired) electrons. The van der Waals surface area contributed by atoms with Gasteiger partial charge < -0.3 is 10.2 Å². The van der Waals surface area contributed by atoms with Crippen LogP contribution in [0.4, 0.5) is 11.4 Å². The number of amides is 1. The Morgan fingerprint density at radius 1 is 1.09 bits per heavy atom. The fourth-order valence-electron chi connectivity index (χ4n) is 4.60. The second-order valence-electron chi connectivity index (χ2n) is 9.83. The molecule has 1 saturated heterocycles. The number of aryl methyl sites for hydroxylation is 2. The van der Waals surface area contributed by atoms with Crippen LogP contribution in [0.3, 0.4) is 0 Å². The molecule has 7 heteroatoms. The molecule has 0 aromatic heterocycles. The molecule has 186 valence electrons. The third-order valence-electron chi connectivity index (χ3n) is 6.58. The minimum absolute atomic E-state index is 0.0736. The van der Waals surface area contributed by atoms with Crippen molar-refractivity contribution >= 4 is 27.3 Å². The molecular formula is C27H39N3O3S. The van der Waals surface area contributed by atoms with E-state index in [0.717, 1.165) is 35.7 Å². The minimum atomic E-state index is -3.43. The van der Waals surface area contributed by atoms with Gasteiger partial charge in [0.05, 0.1) is 18.0 Å².